The molecule has 0 radical (unpaired) electrons. The van der Waals surface area contributed by atoms with Crippen molar-refractivity contribution in [2.24, 2.45) is 0 Å². The monoisotopic (exact) mass is 289 g/mol. The molecule has 2 rings (SSSR count). The largest absolute Gasteiger partial charge is 0.493 e. The van der Waals surface area contributed by atoms with E-state index in [4.69, 9.17) is 14.2 Å². The Kier molecular flexibility index (Phi) is 4.27. The molecular weight excluding hydrogens is 274 g/mol. The van der Waals surface area contributed by atoms with Gasteiger partial charge < -0.3 is 14.2 Å². The molecule has 0 amide bonds. The van der Waals surface area contributed by atoms with E-state index in [2.05, 4.69) is 0 Å². The van der Waals surface area contributed by atoms with E-state index in [1.54, 1.807) is 30.3 Å². The van der Waals surface area contributed by atoms with Crippen LogP contribution in [0.25, 0.3) is 0 Å². The minimum Gasteiger partial charge on any atom is -0.493 e. The summed E-state index contributed by atoms with van der Waals surface area (Å²) in [5.74, 6) is 1.39. The lowest BCUT2D eigenvalue weighted by Crippen LogP contribution is -1.97. The second kappa shape index (κ2) is 6.13. The molecule has 0 aliphatic carbocycles. The Labute approximate surface area is 122 Å². The summed E-state index contributed by atoms with van der Waals surface area (Å²) in [6.45, 7) is 1.83. The predicted octanol–water partition coefficient (Wildman–Crippen LogP) is 3.71. The van der Waals surface area contributed by atoms with Gasteiger partial charge in [-0.3, -0.25) is 10.1 Å². The van der Waals surface area contributed by atoms with Crippen LogP contribution >= 0.6 is 0 Å². The van der Waals surface area contributed by atoms with Crippen LogP contribution < -0.4 is 14.2 Å². The van der Waals surface area contributed by atoms with Crippen LogP contribution in [0.4, 0.5) is 5.69 Å². The van der Waals surface area contributed by atoms with Gasteiger partial charge >= 0.3 is 5.69 Å². The maximum atomic E-state index is 11.1. The van der Waals surface area contributed by atoms with Crippen LogP contribution in [0.1, 0.15) is 5.56 Å². The van der Waals surface area contributed by atoms with Crippen molar-refractivity contribution in [3.05, 3.63) is 52.1 Å². The Morgan fingerprint density at radius 1 is 1.00 bits per heavy atom. The third-order valence-electron chi connectivity index (χ3n) is 2.90. The highest BCUT2D eigenvalue weighted by Gasteiger charge is 2.18. The van der Waals surface area contributed by atoms with E-state index in [0.29, 0.717) is 17.2 Å². The molecule has 0 atom stereocenters. The van der Waals surface area contributed by atoms with E-state index >= 15 is 0 Å². The first kappa shape index (κ1) is 14.6. The second-order valence-corrected chi connectivity index (χ2v) is 4.32. The molecule has 6 nitrogen and oxygen atoms in total. The topological polar surface area (TPSA) is 70.8 Å². The maximum absolute atomic E-state index is 11.1. The van der Waals surface area contributed by atoms with Crippen LogP contribution in [-0.4, -0.2) is 19.1 Å². The average Bonchev–Trinajstić information content (AvgIpc) is 2.46. The van der Waals surface area contributed by atoms with Gasteiger partial charge in [-0.15, -0.1) is 0 Å². The van der Waals surface area contributed by atoms with Crippen molar-refractivity contribution in [3.8, 4) is 23.0 Å². The Morgan fingerprint density at radius 3 is 2.33 bits per heavy atom. The lowest BCUT2D eigenvalue weighted by atomic mass is 10.2. The number of ether oxygens (including phenoxy) is 3. The van der Waals surface area contributed by atoms with E-state index in [0.717, 1.165) is 5.56 Å². The number of nitrogens with zero attached hydrogens (tertiary/aromatic N) is 1. The predicted molar refractivity (Wildman–Crippen MR) is 77.5 cm³/mol. The Bertz CT molecular complexity index is 669. The van der Waals surface area contributed by atoms with Gasteiger partial charge in [-0.1, -0.05) is 12.1 Å². The number of nitro groups is 1. The summed E-state index contributed by atoms with van der Waals surface area (Å²) in [5.41, 5.74) is 0.753. The average molecular weight is 289 g/mol. The molecule has 0 fully saturated rings. The molecule has 0 saturated heterocycles. The number of benzene rings is 2. The maximum Gasteiger partial charge on any atom is 0.311 e. The zero-order valence-electron chi connectivity index (χ0n) is 12.0. The number of hydrogen-bond donors (Lipinski definition) is 0. The van der Waals surface area contributed by atoms with Crippen molar-refractivity contribution in [1.29, 1.82) is 0 Å². The van der Waals surface area contributed by atoms with Crippen LogP contribution in [-0.2, 0) is 0 Å². The zero-order chi connectivity index (χ0) is 15.4. The zero-order valence-corrected chi connectivity index (χ0v) is 12.0. The van der Waals surface area contributed by atoms with E-state index in [1.165, 1.54) is 20.3 Å². The van der Waals surface area contributed by atoms with Crippen LogP contribution in [0.15, 0.2) is 36.4 Å². The van der Waals surface area contributed by atoms with Gasteiger partial charge in [-0.2, -0.15) is 0 Å². The molecule has 0 aliphatic rings. The highest BCUT2D eigenvalue weighted by Crippen LogP contribution is 2.41. The number of hydrogen-bond acceptors (Lipinski definition) is 5. The summed E-state index contributed by atoms with van der Waals surface area (Å²) in [7, 11) is 2.99. The Hall–Kier alpha value is -2.76. The van der Waals surface area contributed by atoms with Crippen molar-refractivity contribution in [3.63, 3.8) is 0 Å². The third kappa shape index (κ3) is 3.05. The van der Waals surface area contributed by atoms with E-state index in [1.807, 2.05) is 6.92 Å². The van der Waals surface area contributed by atoms with Gasteiger partial charge in [0.15, 0.2) is 11.5 Å². The third-order valence-corrected chi connectivity index (χ3v) is 2.90. The summed E-state index contributed by atoms with van der Waals surface area (Å²) in [6.07, 6.45) is 0. The molecule has 2 aromatic carbocycles. The van der Waals surface area contributed by atoms with Gasteiger partial charge in [0.05, 0.1) is 19.1 Å². The second-order valence-electron chi connectivity index (χ2n) is 4.32. The molecule has 0 saturated carbocycles. The minimum atomic E-state index is -0.485. The summed E-state index contributed by atoms with van der Waals surface area (Å²) < 4.78 is 16.1. The molecule has 110 valence electrons. The number of nitro benzene ring substituents is 1. The molecular formula is C15H15NO5. The first-order valence-corrected chi connectivity index (χ1v) is 6.20. The van der Waals surface area contributed by atoms with Crippen molar-refractivity contribution in [2.45, 2.75) is 6.92 Å². The van der Waals surface area contributed by atoms with Crippen LogP contribution in [0, 0.1) is 17.0 Å². The van der Waals surface area contributed by atoms with Gasteiger partial charge in [-0.05, 0) is 30.7 Å². The van der Waals surface area contributed by atoms with Crippen LogP contribution in [0.5, 0.6) is 23.0 Å². The van der Waals surface area contributed by atoms with Gasteiger partial charge in [0.2, 0.25) is 11.5 Å². The fourth-order valence-electron chi connectivity index (χ4n) is 1.91. The molecule has 6 heteroatoms. The molecule has 2 aromatic rings. The minimum absolute atomic E-state index is 0.106. The molecule has 0 spiro atoms. The first-order chi connectivity index (χ1) is 10.1. The number of para-hydroxylation sites is 1. The van der Waals surface area contributed by atoms with Crippen molar-refractivity contribution >= 4 is 5.69 Å². The van der Waals surface area contributed by atoms with Crippen molar-refractivity contribution in [2.75, 3.05) is 14.2 Å². The number of rotatable bonds is 5. The summed E-state index contributed by atoms with van der Waals surface area (Å²) >= 11 is 0. The molecule has 21 heavy (non-hydrogen) atoms. The molecule has 0 N–H and O–H groups in total. The van der Waals surface area contributed by atoms with Gasteiger partial charge in [-0.25, -0.2) is 0 Å². The quantitative estimate of drug-likeness (QED) is 0.619. The highest BCUT2D eigenvalue weighted by atomic mass is 16.6. The van der Waals surface area contributed by atoms with Gasteiger partial charge in [0, 0.05) is 6.07 Å². The van der Waals surface area contributed by atoms with E-state index in [9.17, 15) is 10.1 Å². The number of methoxy groups -OCH3 is 2. The molecule has 0 heterocycles. The fraction of sp³-hybridized carbons (Fsp3) is 0.200. The molecule has 0 unspecified atom stereocenters. The standard InChI is InChI=1S/C15H15NO5/c1-10-7-8-11(16(17)18)14(9-10)21-13-6-4-5-12(19-2)15(13)20-3/h4-9H,1-3H3. The summed E-state index contributed by atoms with van der Waals surface area (Å²) in [6, 6.07) is 9.78. The van der Waals surface area contributed by atoms with Gasteiger partial charge in [0.1, 0.15) is 0 Å². The number of aryl methyl sites for hydroxylation is 1. The Morgan fingerprint density at radius 2 is 1.71 bits per heavy atom. The lowest BCUT2D eigenvalue weighted by Gasteiger charge is -2.13. The fourth-order valence-corrected chi connectivity index (χ4v) is 1.91. The van der Waals surface area contributed by atoms with Crippen LogP contribution in [0.3, 0.4) is 0 Å². The molecule has 0 aromatic heterocycles. The lowest BCUT2D eigenvalue weighted by molar-refractivity contribution is -0.385. The summed E-state index contributed by atoms with van der Waals surface area (Å²) in [4.78, 5) is 10.6. The summed E-state index contributed by atoms with van der Waals surface area (Å²) in [5, 5.41) is 11.1. The molecule has 0 bridgehead atoms. The Balaban J connectivity index is 2.47. The van der Waals surface area contributed by atoms with E-state index < -0.39 is 4.92 Å². The van der Waals surface area contributed by atoms with Crippen molar-refractivity contribution in [1.82, 2.24) is 0 Å². The van der Waals surface area contributed by atoms with E-state index in [-0.39, 0.29) is 11.4 Å². The van der Waals surface area contributed by atoms with Crippen molar-refractivity contribution < 1.29 is 19.1 Å². The highest BCUT2D eigenvalue weighted by molar-refractivity contribution is 5.56. The smallest absolute Gasteiger partial charge is 0.311 e. The molecule has 0 aliphatic heterocycles. The first-order valence-electron chi connectivity index (χ1n) is 6.20. The van der Waals surface area contributed by atoms with Gasteiger partial charge in [0.25, 0.3) is 0 Å². The normalized spacial score (nSPS) is 10.0. The SMILES string of the molecule is COc1cccc(Oc2cc(C)ccc2[N+](=O)[O-])c1OC. The van der Waals surface area contributed by atoms with Crippen LogP contribution in [0.2, 0.25) is 0 Å².